The van der Waals surface area contributed by atoms with Gasteiger partial charge in [-0.25, -0.2) is 0 Å². The van der Waals surface area contributed by atoms with Crippen molar-refractivity contribution < 1.29 is 4.74 Å². The summed E-state index contributed by atoms with van der Waals surface area (Å²) in [6, 6.07) is 6.95. The van der Waals surface area contributed by atoms with Crippen LogP contribution in [-0.4, -0.2) is 57.9 Å². The molecule has 1 saturated heterocycles. The van der Waals surface area contributed by atoms with E-state index in [4.69, 9.17) is 4.74 Å². The molecule has 4 nitrogen and oxygen atoms in total. The number of aryl methyl sites for hydroxylation is 1. The zero-order valence-corrected chi connectivity index (χ0v) is 13.8. The lowest BCUT2D eigenvalue weighted by molar-refractivity contribution is 0.0374. The minimum atomic E-state index is 0.900. The minimum absolute atomic E-state index is 0.900. The van der Waals surface area contributed by atoms with E-state index in [0.717, 1.165) is 39.4 Å². The van der Waals surface area contributed by atoms with E-state index in [2.05, 4.69) is 40.4 Å². The van der Waals surface area contributed by atoms with Gasteiger partial charge < -0.3 is 15.0 Å². The van der Waals surface area contributed by atoms with Crippen molar-refractivity contribution in [3.63, 3.8) is 0 Å². The van der Waals surface area contributed by atoms with E-state index >= 15 is 0 Å². The van der Waals surface area contributed by atoms with Crippen LogP contribution in [0.25, 0.3) is 0 Å². The molecule has 1 fully saturated rings. The Morgan fingerprint density at radius 3 is 2.91 bits per heavy atom. The first-order valence-corrected chi connectivity index (χ1v) is 8.67. The molecule has 3 rings (SSSR count). The number of fused-ring (bicyclic) bond motifs is 1. The largest absolute Gasteiger partial charge is 0.379 e. The molecule has 0 aliphatic carbocycles. The second kappa shape index (κ2) is 7.95. The van der Waals surface area contributed by atoms with Gasteiger partial charge in [-0.2, -0.15) is 0 Å². The van der Waals surface area contributed by atoms with Crippen molar-refractivity contribution in [2.75, 3.05) is 57.9 Å². The van der Waals surface area contributed by atoms with Crippen LogP contribution >= 0.6 is 0 Å². The van der Waals surface area contributed by atoms with Crippen molar-refractivity contribution >= 4 is 5.69 Å². The number of hydrogen-bond acceptors (Lipinski definition) is 4. The van der Waals surface area contributed by atoms with Crippen molar-refractivity contribution in [1.82, 2.24) is 10.2 Å². The molecule has 0 radical (unpaired) electrons. The third-order valence-corrected chi connectivity index (χ3v) is 4.76. The van der Waals surface area contributed by atoms with Crippen molar-refractivity contribution in [2.45, 2.75) is 25.8 Å². The first-order chi connectivity index (χ1) is 10.8. The van der Waals surface area contributed by atoms with E-state index in [-0.39, 0.29) is 0 Å². The lowest BCUT2D eigenvalue weighted by Crippen LogP contribution is -2.37. The number of nitrogens with one attached hydrogen (secondary N) is 1. The van der Waals surface area contributed by atoms with Crippen LogP contribution in [0.2, 0.25) is 0 Å². The topological polar surface area (TPSA) is 27.7 Å². The average Bonchev–Trinajstić information content (AvgIpc) is 2.56. The molecule has 122 valence electrons. The summed E-state index contributed by atoms with van der Waals surface area (Å²) in [5, 5.41) is 3.59. The Morgan fingerprint density at radius 1 is 1.18 bits per heavy atom. The van der Waals surface area contributed by atoms with E-state index < -0.39 is 0 Å². The predicted octanol–water partition coefficient (Wildman–Crippen LogP) is 1.88. The van der Waals surface area contributed by atoms with Gasteiger partial charge in [-0.15, -0.1) is 0 Å². The summed E-state index contributed by atoms with van der Waals surface area (Å²) in [5.74, 6) is 0. The minimum Gasteiger partial charge on any atom is -0.379 e. The number of anilines is 1. The second-order valence-corrected chi connectivity index (χ2v) is 6.47. The highest BCUT2D eigenvalue weighted by molar-refractivity contribution is 5.56. The van der Waals surface area contributed by atoms with E-state index in [1.165, 1.54) is 49.2 Å². The zero-order valence-electron chi connectivity index (χ0n) is 13.8. The van der Waals surface area contributed by atoms with Gasteiger partial charge in [-0.3, -0.25) is 4.90 Å². The number of benzene rings is 1. The van der Waals surface area contributed by atoms with E-state index in [0.29, 0.717) is 0 Å². The molecule has 0 unspecified atom stereocenters. The molecule has 1 aromatic rings. The molecule has 4 heteroatoms. The van der Waals surface area contributed by atoms with Crippen LogP contribution in [0.5, 0.6) is 0 Å². The van der Waals surface area contributed by atoms with Crippen molar-refractivity contribution in [3.8, 4) is 0 Å². The predicted molar refractivity (Wildman–Crippen MR) is 91.6 cm³/mol. The first-order valence-electron chi connectivity index (χ1n) is 8.67. The standard InChI is InChI=1S/C18H29N3O/c1-20-8-2-4-17-14-16(5-6-18(17)20)15-19-7-3-9-21-10-12-22-13-11-21/h5-6,14,19H,2-4,7-13,15H2,1H3. The van der Waals surface area contributed by atoms with Crippen LogP contribution in [0.4, 0.5) is 5.69 Å². The van der Waals surface area contributed by atoms with Crippen LogP contribution in [0.3, 0.4) is 0 Å². The fourth-order valence-corrected chi connectivity index (χ4v) is 3.43. The maximum Gasteiger partial charge on any atom is 0.0594 e. The fourth-order valence-electron chi connectivity index (χ4n) is 3.43. The number of morpholine rings is 1. The van der Waals surface area contributed by atoms with E-state index in [1.807, 2.05) is 0 Å². The lowest BCUT2D eigenvalue weighted by atomic mass is 9.99. The Kier molecular flexibility index (Phi) is 5.70. The normalized spacial score (nSPS) is 19.2. The number of rotatable bonds is 6. The SMILES string of the molecule is CN1CCCc2cc(CNCCCN3CCOCC3)ccc21. The lowest BCUT2D eigenvalue weighted by Gasteiger charge is -2.28. The van der Waals surface area contributed by atoms with Gasteiger partial charge in [0.05, 0.1) is 13.2 Å². The molecule has 0 spiro atoms. The highest BCUT2D eigenvalue weighted by Crippen LogP contribution is 2.26. The molecule has 0 bridgehead atoms. The molecule has 2 aliphatic heterocycles. The van der Waals surface area contributed by atoms with Gasteiger partial charge in [-0.05, 0) is 49.5 Å². The van der Waals surface area contributed by atoms with Gasteiger partial charge in [0.25, 0.3) is 0 Å². The summed E-state index contributed by atoms with van der Waals surface area (Å²) in [6.07, 6.45) is 3.72. The van der Waals surface area contributed by atoms with Crippen LogP contribution in [-0.2, 0) is 17.7 Å². The third-order valence-electron chi connectivity index (χ3n) is 4.76. The van der Waals surface area contributed by atoms with Crippen LogP contribution in [0.15, 0.2) is 18.2 Å². The van der Waals surface area contributed by atoms with E-state index in [9.17, 15) is 0 Å². The first kappa shape index (κ1) is 15.8. The summed E-state index contributed by atoms with van der Waals surface area (Å²) in [4.78, 5) is 4.87. The van der Waals surface area contributed by atoms with Gasteiger partial charge in [-0.1, -0.05) is 12.1 Å². The molecule has 22 heavy (non-hydrogen) atoms. The zero-order chi connectivity index (χ0) is 15.2. The van der Waals surface area contributed by atoms with E-state index in [1.54, 1.807) is 0 Å². The molecule has 2 aliphatic rings. The summed E-state index contributed by atoms with van der Waals surface area (Å²) in [7, 11) is 2.20. The highest BCUT2D eigenvalue weighted by Gasteiger charge is 2.13. The van der Waals surface area contributed by atoms with Crippen LogP contribution in [0, 0.1) is 0 Å². The fraction of sp³-hybridized carbons (Fsp3) is 0.667. The quantitative estimate of drug-likeness (QED) is 0.812. The molecule has 1 aromatic carbocycles. The Morgan fingerprint density at radius 2 is 2.05 bits per heavy atom. The van der Waals surface area contributed by atoms with Crippen molar-refractivity contribution in [2.24, 2.45) is 0 Å². The monoisotopic (exact) mass is 303 g/mol. The number of hydrogen-bond donors (Lipinski definition) is 1. The molecule has 0 atom stereocenters. The molecule has 0 saturated carbocycles. The molecular formula is C18H29N3O. The highest BCUT2D eigenvalue weighted by atomic mass is 16.5. The third kappa shape index (κ3) is 4.22. The Balaban J connectivity index is 1.38. The Hall–Kier alpha value is -1.10. The number of ether oxygens (including phenoxy) is 1. The van der Waals surface area contributed by atoms with Gasteiger partial charge in [0, 0.05) is 38.9 Å². The smallest absolute Gasteiger partial charge is 0.0594 e. The molecule has 2 heterocycles. The van der Waals surface area contributed by atoms with Crippen LogP contribution < -0.4 is 10.2 Å². The van der Waals surface area contributed by atoms with Gasteiger partial charge in [0.1, 0.15) is 0 Å². The van der Waals surface area contributed by atoms with Crippen molar-refractivity contribution in [1.29, 1.82) is 0 Å². The maximum absolute atomic E-state index is 5.38. The summed E-state index contributed by atoms with van der Waals surface area (Å²) < 4.78 is 5.38. The Labute approximate surface area is 134 Å². The molecule has 0 aromatic heterocycles. The summed E-state index contributed by atoms with van der Waals surface area (Å²) >= 11 is 0. The van der Waals surface area contributed by atoms with Gasteiger partial charge in [0.15, 0.2) is 0 Å². The summed E-state index contributed by atoms with van der Waals surface area (Å²) in [5.41, 5.74) is 4.35. The van der Waals surface area contributed by atoms with Crippen molar-refractivity contribution in [3.05, 3.63) is 29.3 Å². The second-order valence-electron chi connectivity index (χ2n) is 6.47. The molecule has 0 amide bonds. The van der Waals surface area contributed by atoms with Crippen LogP contribution in [0.1, 0.15) is 24.0 Å². The average molecular weight is 303 g/mol. The Bertz CT molecular complexity index is 471. The molecular weight excluding hydrogens is 274 g/mol. The van der Waals surface area contributed by atoms with Gasteiger partial charge >= 0.3 is 0 Å². The summed E-state index contributed by atoms with van der Waals surface area (Å²) in [6.45, 7) is 8.44. The maximum atomic E-state index is 5.38. The molecule has 1 N–H and O–H groups in total. The number of nitrogens with zero attached hydrogens (tertiary/aromatic N) is 2. The van der Waals surface area contributed by atoms with Gasteiger partial charge in [0.2, 0.25) is 0 Å².